The van der Waals surface area contributed by atoms with Gasteiger partial charge in [-0.3, -0.25) is 9.13 Å². The van der Waals surface area contributed by atoms with Crippen LogP contribution in [0.25, 0.3) is 11.2 Å². The average molecular weight is 533 g/mol. The van der Waals surface area contributed by atoms with Crippen LogP contribution in [0.3, 0.4) is 0 Å². The number of hydrogen-bond acceptors (Lipinski definition) is 10. The molecule has 0 aromatic carbocycles. The van der Waals surface area contributed by atoms with Gasteiger partial charge in [0.05, 0.1) is 12.9 Å². The molecule has 2 aliphatic rings. The molecule has 0 radical (unpaired) electrons. The molecular weight excluding hydrogens is 514 g/mol. The molecule has 0 aliphatic carbocycles. The Balaban J connectivity index is 1.65. The number of ether oxygens (including phenoxy) is 4. The molecule has 0 bridgehead atoms. The number of hydrogen-bond donors (Lipinski definition) is 2. The first-order valence-electron chi connectivity index (χ1n) is 9.10. The Morgan fingerprint density at radius 3 is 2.56 bits per heavy atom. The number of sulfone groups is 1. The van der Waals surface area contributed by atoms with E-state index in [1.165, 1.54) is 10.9 Å². The second-order valence-corrected chi connectivity index (χ2v) is 12.6. The zero-order valence-corrected chi connectivity index (χ0v) is 20.0. The van der Waals surface area contributed by atoms with E-state index in [0.29, 0.717) is 6.26 Å². The monoisotopic (exact) mass is 532 g/mol. The molecule has 4 rings (SSSR count). The Morgan fingerprint density at radius 1 is 1.28 bits per heavy atom. The summed E-state index contributed by atoms with van der Waals surface area (Å²) in [6.45, 7) is 2.86. The summed E-state index contributed by atoms with van der Waals surface area (Å²) in [6, 6.07) is 0. The SMILES string of the molecule is CC1(C)O[C@@H]2[C@H](O1)[C@@H](COC(P(=O)(O)O)S(C)(=O)=O)O[C@H]2n1cnc2c(Cl)nc(Cl)nc21. The lowest BCUT2D eigenvalue weighted by atomic mass is 10.1. The van der Waals surface area contributed by atoms with Crippen molar-refractivity contribution in [3.05, 3.63) is 16.8 Å². The van der Waals surface area contributed by atoms with Crippen molar-refractivity contribution in [2.45, 2.75) is 49.4 Å². The van der Waals surface area contributed by atoms with Gasteiger partial charge >= 0.3 is 7.60 Å². The van der Waals surface area contributed by atoms with Crippen LogP contribution in [-0.2, 0) is 33.3 Å². The van der Waals surface area contributed by atoms with Crippen molar-refractivity contribution in [2.24, 2.45) is 0 Å². The Morgan fingerprint density at radius 2 is 1.94 bits per heavy atom. The minimum Gasteiger partial charge on any atom is -0.349 e. The van der Waals surface area contributed by atoms with Gasteiger partial charge in [0.2, 0.25) is 5.28 Å². The Labute approximate surface area is 192 Å². The van der Waals surface area contributed by atoms with Gasteiger partial charge in [-0.15, -0.1) is 0 Å². The van der Waals surface area contributed by atoms with Gasteiger partial charge in [-0.25, -0.2) is 18.4 Å². The van der Waals surface area contributed by atoms with Crippen LogP contribution in [0.5, 0.6) is 0 Å². The van der Waals surface area contributed by atoms with E-state index in [9.17, 15) is 22.8 Å². The van der Waals surface area contributed by atoms with Crippen LogP contribution in [0.4, 0.5) is 0 Å². The Kier molecular flexibility index (Phi) is 6.11. The van der Waals surface area contributed by atoms with E-state index < -0.39 is 59.5 Å². The molecule has 2 aromatic rings. The van der Waals surface area contributed by atoms with Crippen LogP contribution < -0.4 is 0 Å². The minimum atomic E-state index is -5.11. The van der Waals surface area contributed by atoms with Crippen molar-refractivity contribution in [1.29, 1.82) is 0 Å². The minimum absolute atomic E-state index is 0.0368. The summed E-state index contributed by atoms with van der Waals surface area (Å²) in [5, 5.41) is -2.42. The van der Waals surface area contributed by atoms with Crippen molar-refractivity contribution in [2.75, 3.05) is 12.9 Å². The first-order chi connectivity index (χ1) is 14.7. The van der Waals surface area contributed by atoms with Crippen molar-refractivity contribution in [1.82, 2.24) is 19.5 Å². The standard InChI is InChI=1S/C15H19Cl2N4O9PS/c1-15(2)29-8-6(4-27-14(31(22,23)24)32(3,25)26)28-12(9(8)30-15)21-5-18-7-10(16)19-13(17)20-11(7)21/h5-6,8-9,12,14H,4H2,1-3H3,(H2,22,23,24)/t6-,8-,9-,12-,14?/m1/s1. The normalized spacial score (nSPS) is 28.8. The highest BCUT2D eigenvalue weighted by Gasteiger charge is 2.56. The second-order valence-electron chi connectivity index (χ2n) is 7.80. The van der Waals surface area contributed by atoms with E-state index in [1.807, 2.05) is 0 Å². The lowest BCUT2D eigenvalue weighted by Gasteiger charge is -2.25. The third-order valence-electron chi connectivity index (χ3n) is 4.80. The van der Waals surface area contributed by atoms with Crippen molar-refractivity contribution < 1.29 is 41.7 Å². The van der Waals surface area contributed by atoms with Gasteiger partial charge in [-0.2, -0.15) is 4.98 Å². The van der Waals surface area contributed by atoms with Crippen LogP contribution >= 0.6 is 30.8 Å². The summed E-state index contributed by atoms with van der Waals surface area (Å²) >= 11 is 12.0. The van der Waals surface area contributed by atoms with E-state index in [-0.39, 0.29) is 21.6 Å². The summed E-state index contributed by atoms with van der Waals surface area (Å²) in [5.74, 6) is -1.02. The summed E-state index contributed by atoms with van der Waals surface area (Å²) in [5.41, 5.74) is 0.533. The van der Waals surface area contributed by atoms with Gasteiger partial charge in [0, 0.05) is 6.26 Å². The van der Waals surface area contributed by atoms with Gasteiger partial charge in [0.25, 0.3) is 5.18 Å². The third kappa shape index (κ3) is 4.53. The first-order valence-corrected chi connectivity index (χ1v) is 13.5. The van der Waals surface area contributed by atoms with Crippen LogP contribution in [0, 0.1) is 0 Å². The quantitative estimate of drug-likeness (QED) is 0.308. The zero-order chi connectivity index (χ0) is 23.6. The van der Waals surface area contributed by atoms with Gasteiger partial charge in [-0.1, -0.05) is 11.6 Å². The molecule has 1 unspecified atom stereocenters. The molecule has 2 aliphatic heterocycles. The predicted molar refractivity (Wildman–Crippen MR) is 110 cm³/mol. The van der Waals surface area contributed by atoms with E-state index in [2.05, 4.69) is 15.0 Å². The fourth-order valence-electron chi connectivity index (χ4n) is 3.71. The van der Waals surface area contributed by atoms with Crippen LogP contribution in [0.2, 0.25) is 10.4 Å². The lowest BCUT2D eigenvalue weighted by molar-refractivity contribution is -0.201. The van der Waals surface area contributed by atoms with Gasteiger partial charge in [0.15, 0.2) is 32.7 Å². The number of aromatic nitrogens is 4. The van der Waals surface area contributed by atoms with Crippen LogP contribution in [-0.4, -0.2) is 79.9 Å². The van der Waals surface area contributed by atoms with Crippen molar-refractivity contribution >= 4 is 51.8 Å². The highest BCUT2D eigenvalue weighted by Crippen LogP contribution is 2.47. The van der Waals surface area contributed by atoms with E-state index in [0.717, 1.165) is 0 Å². The topological polar surface area (TPSA) is 172 Å². The van der Waals surface area contributed by atoms with Crippen molar-refractivity contribution in [3.63, 3.8) is 0 Å². The van der Waals surface area contributed by atoms with E-state index >= 15 is 0 Å². The molecule has 2 N–H and O–H groups in total. The van der Waals surface area contributed by atoms with Gasteiger partial charge in [-0.05, 0) is 25.4 Å². The molecule has 2 fully saturated rings. The van der Waals surface area contributed by atoms with Gasteiger partial charge in [0.1, 0.15) is 23.8 Å². The summed E-state index contributed by atoms with van der Waals surface area (Å²) in [4.78, 5) is 30.9. The molecule has 13 nitrogen and oxygen atoms in total. The lowest BCUT2D eigenvalue weighted by Crippen LogP contribution is -2.35. The molecule has 32 heavy (non-hydrogen) atoms. The fraction of sp³-hybridized carbons (Fsp3) is 0.667. The maximum absolute atomic E-state index is 11.8. The maximum Gasteiger partial charge on any atom is 0.369 e. The number of rotatable bonds is 6. The highest BCUT2D eigenvalue weighted by molar-refractivity contribution is 7.97. The van der Waals surface area contributed by atoms with Gasteiger partial charge < -0.3 is 28.7 Å². The molecule has 0 amide bonds. The zero-order valence-electron chi connectivity index (χ0n) is 16.8. The molecular formula is C15H19Cl2N4O9PS. The molecule has 17 heteroatoms. The predicted octanol–water partition coefficient (Wildman–Crippen LogP) is 1.07. The molecule has 2 aromatic heterocycles. The molecule has 4 heterocycles. The van der Waals surface area contributed by atoms with Crippen LogP contribution in [0.1, 0.15) is 20.1 Å². The molecule has 0 saturated carbocycles. The number of halogens is 2. The third-order valence-corrected chi connectivity index (χ3v) is 8.77. The van der Waals surface area contributed by atoms with Crippen molar-refractivity contribution in [3.8, 4) is 0 Å². The van der Waals surface area contributed by atoms with E-state index in [4.69, 9.17) is 42.1 Å². The Hall–Kier alpha value is -0.930. The molecule has 178 valence electrons. The average Bonchev–Trinajstić information content (AvgIpc) is 3.24. The Bertz CT molecular complexity index is 1200. The number of imidazole rings is 1. The second kappa shape index (κ2) is 8.08. The van der Waals surface area contributed by atoms with E-state index in [1.54, 1.807) is 13.8 Å². The largest absolute Gasteiger partial charge is 0.369 e. The maximum atomic E-state index is 11.8. The summed E-state index contributed by atoms with van der Waals surface area (Å²) < 4.78 is 59.7. The van der Waals surface area contributed by atoms with Crippen LogP contribution in [0.15, 0.2) is 6.33 Å². The fourth-order valence-corrected chi connectivity index (χ4v) is 6.73. The molecule has 0 spiro atoms. The smallest absolute Gasteiger partial charge is 0.349 e. The summed E-state index contributed by atoms with van der Waals surface area (Å²) in [6.07, 6.45) is -1.20. The molecule has 5 atom stereocenters. The first kappa shape index (κ1) is 24.2. The molecule has 2 saturated heterocycles. The summed E-state index contributed by atoms with van der Waals surface area (Å²) in [7, 11) is -9.34. The number of nitrogens with zero attached hydrogens (tertiary/aromatic N) is 4. The number of fused-ring (bicyclic) bond motifs is 2. The highest BCUT2D eigenvalue weighted by atomic mass is 35.5.